The van der Waals surface area contributed by atoms with Crippen LogP contribution in [-0.2, 0) is 0 Å². The monoisotopic (exact) mass is 257 g/mol. The van der Waals surface area contributed by atoms with E-state index in [0.717, 1.165) is 13.0 Å². The minimum Gasteiger partial charge on any atom is -0.338 e. The third kappa shape index (κ3) is 2.94. The van der Waals surface area contributed by atoms with Crippen molar-refractivity contribution in [2.75, 3.05) is 19.6 Å². The van der Waals surface area contributed by atoms with Crippen LogP contribution in [0.1, 0.15) is 29.3 Å². The molecular formula is C15H19N3O. The fourth-order valence-electron chi connectivity index (χ4n) is 2.55. The number of hydrogen-bond donors (Lipinski definition) is 1. The summed E-state index contributed by atoms with van der Waals surface area (Å²) in [7, 11) is 0. The van der Waals surface area contributed by atoms with Gasteiger partial charge in [-0.1, -0.05) is 13.0 Å². The molecule has 0 saturated carbocycles. The van der Waals surface area contributed by atoms with E-state index >= 15 is 0 Å². The van der Waals surface area contributed by atoms with Gasteiger partial charge in [-0.25, -0.2) is 0 Å². The van der Waals surface area contributed by atoms with Crippen molar-refractivity contribution < 1.29 is 4.79 Å². The number of amides is 1. The Hall–Kier alpha value is -1.86. The highest BCUT2D eigenvalue weighted by atomic mass is 16.2. The van der Waals surface area contributed by atoms with Crippen molar-refractivity contribution >= 4 is 5.91 Å². The van der Waals surface area contributed by atoms with E-state index in [1.165, 1.54) is 0 Å². The van der Waals surface area contributed by atoms with Gasteiger partial charge in [0.25, 0.3) is 5.91 Å². The van der Waals surface area contributed by atoms with Gasteiger partial charge in [0.05, 0.1) is 11.6 Å². The number of carbonyl (C=O) groups excluding carboxylic acids is 1. The number of benzene rings is 1. The molecule has 0 aliphatic carbocycles. The zero-order valence-corrected chi connectivity index (χ0v) is 11.2. The highest BCUT2D eigenvalue weighted by Gasteiger charge is 2.28. The van der Waals surface area contributed by atoms with Crippen molar-refractivity contribution in [2.24, 2.45) is 17.6 Å². The van der Waals surface area contributed by atoms with Gasteiger partial charge in [-0.2, -0.15) is 5.26 Å². The van der Waals surface area contributed by atoms with Crippen LogP contribution in [0.25, 0.3) is 0 Å². The maximum absolute atomic E-state index is 12.4. The molecule has 1 aromatic rings. The van der Waals surface area contributed by atoms with Crippen LogP contribution in [0.15, 0.2) is 24.3 Å². The summed E-state index contributed by atoms with van der Waals surface area (Å²) in [5.41, 5.74) is 6.87. The normalized spacial score (nSPS) is 22.9. The first-order valence-corrected chi connectivity index (χ1v) is 6.65. The molecule has 100 valence electrons. The SMILES string of the molecule is CC1CCN(C(=O)c2cccc(C#N)c2)CC1CN. The minimum atomic E-state index is 0.00227. The summed E-state index contributed by atoms with van der Waals surface area (Å²) in [6.07, 6.45) is 0.992. The number of carbonyl (C=O) groups is 1. The standard InChI is InChI=1S/C15H19N3O/c1-11-5-6-18(10-14(11)9-17)15(19)13-4-2-3-12(7-13)8-16/h2-4,7,11,14H,5-6,9-10,17H2,1H3. The average molecular weight is 257 g/mol. The van der Waals surface area contributed by atoms with Crippen LogP contribution in [0.4, 0.5) is 0 Å². The van der Waals surface area contributed by atoms with E-state index in [1.807, 2.05) is 4.90 Å². The molecule has 2 rings (SSSR count). The molecule has 1 aliphatic rings. The molecule has 0 aromatic heterocycles. The van der Waals surface area contributed by atoms with Crippen LogP contribution >= 0.6 is 0 Å². The van der Waals surface area contributed by atoms with Crippen LogP contribution in [0.5, 0.6) is 0 Å². The second kappa shape index (κ2) is 5.85. The third-order valence-corrected chi connectivity index (χ3v) is 3.94. The number of hydrogen-bond acceptors (Lipinski definition) is 3. The van der Waals surface area contributed by atoms with E-state index in [2.05, 4.69) is 13.0 Å². The Morgan fingerprint density at radius 3 is 3.05 bits per heavy atom. The molecule has 2 atom stereocenters. The topological polar surface area (TPSA) is 70.1 Å². The molecule has 0 spiro atoms. The molecule has 1 aliphatic heterocycles. The van der Waals surface area contributed by atoms with Crippen molar-refractivity contribution in [3.8, 4) is 6.07 Å². The van der Waals surface area contributed by atoms with Crippen LogP contribution in [0, 0.1) is 23.2 Å². The molecule has 1 heterocycles. The molecule has 0 bridgehead atoms. The van der Waals surface area contributed by atoms with Gasteiger partial charge in [-0.15, -0.1) is 0 Å². The molecule has 4 nitrogen and oxygen atoms in total. The van der Waals surface area contributed by atoms with Crippen molar-refractivity contribution in [1.82, 2.24) is 4.90 Å². The van der Waals surface area contributed by atoms with Gasteiger partial charge in [-0.3, -0.25) is 4.79 Å². The lowest BCUT2D eigenvalue weighted by molar-refractivity contribution is 0.0618. The van der Waals surface area contributed by atoms with Gasteiger partial charge in [0.1, 0.15) is 0 Å². The molecule has 1 amide bonds. The first kappa shape index (κ1) is 13.6. The Morgan fingerprint density at radius 2 is 2.37 bits per heavy atom. The van der Waals surface area contributed by atoms with Gasteiger partial charge in [-0.05, 0) is 43.0 Å². The summed E-state index contributed by atoms with van der Waals surface area (Å²) in [5, 5.41) is 8.88. The van der Waals surface area contributed by atoms with Gasteiger partial charge in [0, 0.05) is 18.7 Å². The molecule has 2 N–H and O–H groups in total. The van der Waals surface area contributed by atoms with E-state index in [0.29, 0.717) is 36.1 Å². The van der Waals surface area contributed by atoms with E-state index in [-0.39, 0.29) is 5.91 Å². The van der Waals surface area contributed by atoms with Crippen molar-refractivity contribution in [3.63, 3.8) is 0 Å². The molecule has 1 saturated heterocycles. The summed E-state index contributed by atoms with van der Waals surface area (Å²) in [4.78, 5) is 14.3. The van der Waals surface area contributed by atoms with E-state index in [1.54, 1.807) is 24.3 Å². The third-order valence-electron chi connectivity index (χ3n) is 3.94. The fourth-order valence-corrected chi connectivity index (χ4v) is 2.55. The first-order chi connectivity index (χ1) is 9.15. The second-order valence-electron chi connectivity index (χ2n) is 5.21. The molecule has 4 heteroatoms. The van der Waals surface area contributed by atoms with Crippen molar-refractivity contribution in [2.45, 2.75) is 13.3 Å². The highest BCUT2D eigenvalue weighted by molar-refractivity contribution is 5.94. The Bertz CT molecular complexity index is 506. The zero-order chi connectivity index (χ0) is 13.8. The van der Waals surface area contributed by atoms with Gasteiger partial charge >= 0.3 is 0 Å². The average Bonchev–Trinajstić information content (AvgIpc) is 2.47. The van der Waals surface area contributed by atoms with Crippen LogP contribution < -0.4 is 5.73 Å². The fraction of sp³-hybridized carbons (Fsp3) is 0.467. The lowest BCUT2D eigenvalue weighted by Crippen LogP contribution is -2.45. The number of piperidine rings is 1. The van der Waals surface area contributed by atoms with Gasteiger partial charge in [0.2, 0.25) is 0 Å². The number of nitriles is 1. The second-order valence-corrected chi connectivity index (χ2v) is 5.21. The van der Waals surface area contributed by atoms with Crippen LogP contribution in [-0.4, -0.2) is 30.4 Å². The Balaban J connectivity index is 2.13. The molecule has 1 aromatic carbocycles. The summed E-state index contributed by atoms with van der Waals surface area (Å²) in [6, 6.07) is 8.93. The summed E-state index contributed by atoms with van der Waals surface area (Å²) >= 11 is 0. The molecular weight excluding hydrogens is 238 g/mol. The van der Waals surface area contributed by atoms with Crippen molar-refractivity contribution in [1.29, 1.82) is 5.26 Å². The van der Waals surface area contributed by atoms with Crippen LogP contribution in [0.3, 0.4) is 0 Å². The number of rotatable bonds is 2. The maximum Gasteiger partial charge on any atom is 0.253 e. The van der Waals surface area contributed by atoms with E-state index < -0.39 is 0 Å². The number of likely N-dealkylation sites (tertiary alicyclic amines) is 1. The summed E-state index contributed by atoms with van der Waals surface area (Å²) < 4.78 is 0. The highest BCUT2D eigenvalue weighted by Crippen LogP contribution is 2.23. The zero-order valence-electron chi connectivity index (χ0n) is 11.2. The minimum absolute atomic E-state index is 0.00227. The number of nitrogens with zero attached hydrogens (tertiary/aromatic N) is 2. The molecule has 19 heavy (non-hydrogen) atoms. The summed E-state index contributed by atoms with van der Waals surface area (Å²) in [5.74, 6) is 0.943. The Kier molecular flexibility index (Phi) is 4.18. The molecule has 1 fully saturated rings. The molecule has 0 radical (unpaired) electrons. The van der Waals surface area contributed by atoms with E-state index in [9.17, 15) is 4.79 Å². The number of nitrogens with two attached hydrogens (primary N) is 1. The Morgan fingerprint density at radius 1 is 1.58 bits per heavy atom. The maximum atomic E-state index is 12.4. The Labute approximate surface area is 113 Å². The predicted octanol–water partition coefficient (Wildman–Crippen LogP) is 1.62. The van der Waals surface area contributed by atoms with Crippen LogP contribution in [0.2, 0.25) is 0 Å². The van der Waals surface area contributed by atoms with Gasteiger partial charge < -0.3 is 10.6 Å². The smallest absolute Gasteiger partial charge is 0.253 e. The molecule has 2 unspecified atom stereocenters. The lowest BCUT2D eigenvalue weighted by atomic mass is 9.87. The lowest BCUT2D eigenvalue weighted by Gasteiger charge is -2.36. The first-order valence-electron chi connectivity index (χ1n) is 6.65. The van der Waals surface area contributed by atoms with Gasteiger partial charge in [0.15, 0.2) is 0 Å². The summed E-state index contributed by atoms with van der Waals surface area (Å²) in [6.45, 7) is 4.29. The van der Waals surface area contributed by atoms with E-state index in [4.69, 9.17) is 11.0 Å². The van der Waals surface area contributed by atoms with Crippen molar-refractivity contribution in [3.05, 3.63) is 35.4 Å². The predicted molar refractivity (Wildman–Crippen MR) is 73.4 cm³/mol. The largest absolute Gasteiger partial charge is 0.338 e. The quantitative estimate of drug-likeness (QED) is 0.875.